The van der Waals surface area contributed by atoms with Crippen LogP contribution < -0.4 is 14.8 Å². The SMILES string of the molecule is CCOc1ccc(Oc2ccc(NC(=O)c3cc(C)cc(C)c3)cc2)cc1. The normalized spacial score (nSPS) is 10.3. The molecule has 0 saturated heterocycles. The molecule has 0 aliphatic carbocycles. The van der Waals surface area contributed by atoms with Crippen molar-refractivity contribution in [3.63, 3.8) is 0 Å². The van der Waals surface area contributed by atoms with Crippen molar-refractivity contribution in [3.8, 4) is 17.2 Å². The number of rotatable bonds is 6. The van der Waals surface area contributed by atoms with Crippen molar-refractivity contribution >= 4 is 11.6 Å². The molecule has 0 fully saturated rings. The van der Waals surface area contributed by atoms with Crippen LogP contribution in [-0.4, -0.2) is 12.5 Å². The van der Waals surface area contributed by atoms with Gasteiger partial charge in [0.25, 0.3) is 5.91 Å². The van der Waals surface area contributed by atoms with Crippen molar-refractivity contribution in [1.29, 1.82) is 0 Å². The van der Waals surface area contributed by atoms with Gasteiger partial charge in [-0.15, -0.1) is 0 Å². The smallest absolute Gasteiger partial charge is 0.255 e. The average molecular weight is 361 g/mol. The number of anilines is 1. The summed E-state index contributed by atoms with van der Waals surface area (Å²) in [5, 5.41) is 2.91. The van der Waals surface area contributed by atoms with Crippen LogP contribution in [0.15, 0.2) is 66.7 Å². The molecule has 0 aliphatic rings. The van der Waals surface area contributed by atoms with Crippen LogP contribution in [0.2, 0.25) is 0 Å². The molecule has 0 radical (unpaired) electrons. The highest BCUT2D eigenvalue weighted by atomic mass is 16.5. The fraction of sp³-hybridized carbons (Fsp3) is 0.174. The monoisotopic (exact) mass is 361 g/mol. The largest absolute Gasteiger partial charge is 0.494 e. The van der Waals surface area contributed by atoms with E-state index in [0.29, 0.717) is 17.9 Å². The Morgan fingerprint density at radius 1 is 0.815 bits per heavy atom. The Balaban J connectivity index is 1.63. The first-order valence-electron chi connectivity index (χ1n) is 8.94. The lowest BCUT2D eigenvalue weighted by Gasteiger charge is -2.10. The van der Waals surface area contributed by atoms with Crippen LogP contribution in [0.3, 0.4) is 0 Å². The van der Waals surface area contributed by atoms with E-state index in [2.05, 4.69) is 5.32 Å². The van der Waals surface area contributed by atoms with E-state index < -0.39 is 0 Å². The first-order chi connectivity index (χ1) is 13.0. The summed E-state index contributed by atoms with van der Waals surface area (Å²) in [6.07, 6.45) is 0. The summed E-state index contributed by atoms with van der Waals surface area (Å²) in [4.78, 5) is 12.4. The fourth-order valence-electron chi connectivity index (χ4n) is 2.82. The Labute approximate surface area is 159 Å². The van der Waals surface area contributed by atoms with Gasteiger partial charge in [0.15, 0.2) is 0 Å². The number of hydrogen-bond donors (Lipinski definition) is 1. The standard InChI is InChI=1S/C23H23NO3/c1-4-26-20-9-11-22(12-10-20)27-21-7-5-19(6-8-21)24-23(25)18-14-16(2)13-17(3)15-18/h5-15H,4H2,1-3H3,(H,24,25). The average Bonchev–Trinajstić information content (AvgIpc) is 2.64. The van der Waals surface area contributed by atoms with Crippen molar-refractivity contribution in [2.24, 2.45) is 0 Å². The summed E-state index contributed by atoms with van der Waals surface area (Å²) in [5.74, 6) is 2.12. The summed E-state index contributed by atoms with van der Waals surface area (Å²) in [6.45, 7) is 6.55. The maximum atomic E-state index is 12.4. The second kappa shape index (κ2) is 8.41. The Bertz CT molecular complexity index is 895. The minimum Gasteiger partial charge on any atom is -0.494 e. The first-order valence-corrected chi connectivity index (χ1v) is 8.94. The molecular weight excluding hydrogens is 338 g/mol. The third-order valence-corrected chi connectivity index (χ3v) is 3.97. The van der Waals surface area contributed by atoms with Crippen LogP contribution in [0.4, 0.5) is 5.69 Å². The van der Waals surface area contributed by atoms with Gasteiger partial charge in [0, 0.05) is 11.3 Å². The molecule has 0 aromatic heterocycles. The maximum Gasteiger partial charge on any atom is 0.255 e. The van der Waals surface area contributed by atoms with Crippen LogP contribution in [0.1, 0.15) is 28.4 Å². The lowest BCUT2D eigenvalue weighted by atomic mass is 10.1. The van der Waals surface area contributed by atoms with E-state index in [1.54, 1.807) is 0 Å². The summed E-state index contributed by atoms with van der Waals surface area (Å²) in [5.41, 5.74) is 3.51. The highest BCUT2D eigenvalue weighted by Gasteiger charge is 2.07. The predicted molar refractivity (Wildman–Crippen MR) is 108 cm³/mol. The lowest BCUT2D eigenvalue weighted by Crippen LogP contribution is -2.12. The minimum absolute atomic E-state index is 0.123. The second-order valence-electron chi connectivity index (χ2n) is 6.36. The molecule has 27 heavy (non-hydrogen) atoms. The van der Waals surface area contributed by atoms with Crippen LogP contribution >= 0.6 is 0 Å². The van der Waals surface area contributed by atoms with E-state index in [4.69, 9.17) is 9.47 Å². The Morgan fingerprint density at radius 3 is 1.89 bits per heavy atom. The number of amides is 1. The highest BCUT2D eigenvalue weighted by Crippen LogP contribution is 2.25. The highest BCUT2D eigenvalue weighted by molar-refractivity contribution is 6.04. The molecule has 0 aliphatic heterocycles. The minimum atomic E-state index is -0.123. The molecule has 0 heterocycles. The van der Waals surface area contributed by atoms with Crippen LogP contribution in [0, 0.1) is 13.8 Å². The van der Waals surface area contributed by atoms with Gasteiger partial charge in [0.05, 0.1) is 6.61 Å². The molecular formula is C23H23NO3. The number of benzene rings is 3. The number of hydrogen-bond acceptors (Lipinski definition) is 3. The van der Waals surface area contributed by atoms with Gasteiger partial charge in [0.2, 0.25) is 0 Å². The van der Waals surface area contributed by atoms with E-state index in [0.717, 1.165) is 28.3 Å². The van der Waals surface area contributed by atoms with Gasteiger partial charge in [0.1, 0.15) is 17.2 Å². The molecule has 0 saturated carbocycles. The summed E-state index contributed by atoms with van der Waals surface area (Å²) in [6, 6.07) is 20.6. The summed E-state index contributed by atoms with van der Waals surface area (Å²) < 4.78 is 11.2. The van der Waals surface area contributed by atoms with Crippen molar-refractivity contribution in [3.05, 3.63) is 83.4 Å². The van der Waals surface area contributed by atoms with Gasteiger partial charge < -0.3 is 14.8 Å². The molecule has 3 rings (SSSR count). The van der Waals surface area contributed by atoms with Gasteiger partial charge >= 0.3 is 0 Å². The van der Waals surface area contributed by atoms with Crippen LogP contribution in [0.25, 0.3) is 0 Å². The lowest BCUT2D eigenvalue weighted by molar-refractivity contribution is 0.102. The quantitative estimate of drug-likeness (QED) is 0.608. The van der Waals surface area contributed by atoms with Crippen molar-refractivity contribution in [1.82, 2.24) is 0 Å². The molecule has 0 atom stereocenters. The van der Waals surface area contributed by atoms with Gasteiger partial charge in [-0.3, -0.25) is 4.79 Å². The van der Waals surface area contributed by atoms with Gasteiger partial charge in [-0.2, -0.15) is 0 Å². The Hall–Kier alpha value is -3.27. The molecule has 0 bridgehead atoms. The van der Waals surface area contributed by atoms with Crippen molar-refractivity contribution in [2.45, 2.75) is 20.8 Å². The molecule has 3 aromatic rings. The topological polar surface area (TPSA) is 47.6 Å². The van der Waals surface area contributed by atoms with Crippen molar-refractivity contribution < 1.29 is 14.3 Å². The van der Waals surface area contributed by atoms with Crippen LogP contribution in [-0.2, 0) is 0 Å². The third-order valence-electron chi connectivity index (χ3n) is 3.97. The number of nitrogens with one attached hydrogen (secondary N) is 1. The van der Waals surface area contributed by atoms with E-state index in [-0.39, 0.29) is 5.91 Å². The maximum absolute atomic E-state index is 12.4. The van der Waals surface area contributed by atoms with E-state index in [1.807, 2.05) is 87.5 Å². The molecule has 1 N–H and O–H groups in total. The molecule has 3 aromatic carbocycles. The zero-order chi connectivity index (χ0) is 19.2. The van der Waals surface area contributed by atoms with E-state index in [9.17, 15) is 4.79 Å². The van der Waals surface area contributed by atoms with E-state index in [1.165, 1.54) is 0 Å². The number of ether oxygens (including phenoxy) is 2. The van der Waals surface area contributed by atoms with Gasteiger partial charge in [-0.1, -0.05) is 17.2 Å². The third kappa shape index (κ3) is 5.11. The number of carbonyl (C=O) groups is 1. The van der Waals surface area contributed by atoms with E-state index >= 15 is 0 Å². The zero-order valence-electron chi connectivity index (χ0n) is 15.8. The molecule has 0 unspecified atom stereocenters. The zero-order valence-corrected chi connectivity index (χ0v) is 15.8. The summed E-state index contributed by atoms with van der Waals surface area (Å²) >= 11 is 0. The van der Waals surface area contributed by atoms with Gasteiger partial charge in [-0.25, -0.2) is 0 Å². The summed E-state index contributed by atoms with van der Waals surface area (Å²) in [7, 11) is 0. The molecule has 4 heteroatoms. The Morgan fingerprint density at radius 2 is 1.33 bits per heavy atom. The second-order valence-corrected chi connectivity index (χ2v) is 6.36. The van der Waals surface area contributed by atoms with Crippen LogP contribution in [0.5, 0.6) is 17.2 Å². The van der Waals surface area contributed by atoms with Crippen molar-refractivity contribution in [2.75, 3.05) is 11.9 Å². The fourth-order valence-corrected chi connectivity index (χ4v) is 2.82. The Kier molecular flexibility index (Phi) is 5.77. The number of aryl methyl sites for hydroxylation is 2. The first kappa shape index (κ1) is 18.5. The molecule has 0 spiro atoms. The molecule has 4 nitrogen and oxygen atoms in total. The van der Waals surface area contributed by atoms with Gasteiger partial charge in [-0.05, 0) is 81.4 Å². The molecule has 138 valence electrons. The predicted octanol–water partition coefficient (Wildman–Crippen LogP) is 5.75. The number of carbonyl (C=O) groups excluding carboxylic acids is 1. The molecule has 1 amide bonds.